The van der Waals surface area contributed by atoms with Gasteiger partial charge in [-0.15, -0.1) is 0 Å². The molecule has 3 rings (SSSR count). The van der Waals surface area contributed by atoms with E-state index < -0.39 is 0 Å². The van der Waals surface area contributed by atoms with Crippen LogP contribution in [-0.4, -0.2) is 53.8 Å². The van der Waals surface area contributed by atoms with Crippen molar-refractivity contribution in [3.05, 3.63) is 53.9 Å². The van der Waals surface area contributed by atoms with Crippen molar-refractivity contribution in [1.82, 2.24) is 9.88 Å². The Hall–Kier alpha value is -2.60. The molecule has 6 nitrogen and oxygen atoms in total. The molecule has 162 valence electrons. The molecule has 0 radical (unpaired) electrons. The van der Waals surface area contributed by atoms with Crippen molar-refractivity contribution < 1.29 is 19.4 Å². The Kier molecular flexibility index (Phi) is 7.69. The summed E-state index contributed by atoms with van der Waals surface area (Å²) in [6.07, 6.45) is 3.20. The van der Waals surface area contributed by atoms with Gasteiger partial charge in [-0.25, -0.2) is 0 Å². The molecule has 6 heteroatoms. The van der Waals surface area contributed by atoms with Crippen LogP contribution in [0.1, 0.15) is 37.6 Å². The second kappa shape index (κ2) is 10.4. The number of ether oxygens (including phenoxy) is 2. The molecule has 2 heterocycles. The first-order valence-electron chi connectivity index (χ1n) is 10.7. The number of aromatic nitrogens is 1. The number of hydrogen-bond donors (Lipinski definition) is 1. The third-order valence-corrected chi connectivity index (χ3v) is 5.75. The number of carbonyl (C=O) groups is 1. The van der Waals surface area contributed by atoms with E-state index >= 15 is 0 Å². The normalized spacial score (nSPS) is 18.8. The number of hydrogen-bond acceptors (Lipinski definition) is 5. The van der Waals surface area contributed by atoms with Gasteiger partial charge in [0.2, 0.25) is 0 Å². The van der Waals surface area contributed by atoms with E-state index in [-0.39, 0.29) is 24.5 Å². The summed E-state index contributed by atoms with van der Waals surface area (Å²) in [6.45, 7) is 5.72. The highest BCUT2D eigenvalue weighted by molar-refractivity contribution is 5.78. The highest BCUT2D eigenvalue weighted by Crippen LogP contribution is 2.33. The van der Waals surface area contributed by atoms with Gasteiger partial charge in [0.05, 0.1) is 18.9 Å². The van der Waals surface area contributed by atoms with Crippen LogP contribution in [0.2, 0.25) is 0 Å². The maximum Gasteiger partial charge on any atom is 0.260 e. The number of aryl methyl sites for hydroxylation is 2. The molecule has 0 unspecified atom stereocenters. The molecule has 1 aromatic heterocycles. The number of aliphatic hydroxyl groups is 1. The molecule has 0 bridgehead atoms. The van der Waals surface area contributed by atoms with E-state index in [4.69, 9.17) is 9.47 Å². The molecule has 0 spiro atoms. The SMILES string of the molecule is CCc1nc(C)ccc1OCC(=O)N1CCC[C@](CO)(CCOc2ccccc2)C1. The zero-order valence-electron chi connectivity index (χ0n) is 18.0. The maximum absolute atomic E-state index is 12.8. The standard InChI is InChI=1S/C24H32N2O4/c1-3-21-22(11-10-19(2)25-21)30-16-23(28)26-14-7-12-24(17-26,18-27)13-15-29-20-8-5-4-6-9-20/h4-6,8-11,27H,3,7,12-18H2,1-2H3/t24-/m0/s1. The van der Waals surface area contributed by atoms with Crippen molar-refractivity contribution in [2.24, 2.45) is 5.41 Å². The van der Waals surface area contributed by atoms with Crippen LogP contribution in [-0.2, 0) is 11.2 Å². The zero-order valence-corrected chi connectivity index (χ0v) is 18.0. The minimum absolute atomic E-state index is 0.0141. The van der Waals surface area contributed by atoms with Crippen molar-refractivity contribution in [3.63, 3.8) is 0 Å². The molecule has 1 aromatic carbocycles. The lowest BCUT2D eigenvalue weighted by molar-refractivity contribution is -0.138. The molecule has 30 heavy (non-hydrogen) atoms. The van der Waals surface area contributed by atoms with E-state index in [1.807, 2.05) is 61.2 Å². The quantitative estimate of drug-likeness (QED) is 0.683. The minimum atomic E-state index is -0.331. The molecule has 1 aliphatic rings. The molecule has 0 aliphatic carbocycles. The lowest BCUT2D eigenvalue weighted by Gasteiger charge is -2.41. The van der Waals surface area contributed by atoms with E-state index in [9.17, 15) is 9.90 Å². The monoisotopic (exact) mass is 412 g/mol. The molecule has 1 fully saturated rings. The third-order valence-electron chi connectivity index (χ3n) is 5.75. The fraction of sp³-hybridized carbons (Fsp3) is 0.500. The molecule has 0 saturated carbocycles. The number of pyridine rings is 1. The average Bonchev–Trinajstić information content (AvgIpc) is 2.78. The number of amides is 1. The Labute approximate surface area is 178 Å². The summed E-state index contributed by atoms with van der Waals surface area (Å²) >= 11 is 0. The van der Waals surface area contributed by atoms with Gasteiger partial charge >= 0.3 is 0 Å². The summed E-state index contributed by atoms with van der Waals surface area (Å²) in [7, 11) is 0. The average molecular weight is 413 g/mol. The predicted octanol–water partition coefficient (Wildman–Crippen LogP) is 3.40. The minimum Gasteiger partial charge on any atom is -0.494 e. The van der Waals surface area contributed by atoms with E-state index in [0.29, 0.717) is 31.9 Å². The first kappa shape index (κ1) is 22.1. The van der Waals surface area contributed by atoms with Crippen LogP contribution >= 0.6 is 0 Å². The molecular weight excluding hydrogens is 380 g/mol. The Morgan fingerprint density at radius 1 is 1.20 bits per heavy atom. The third kappa shape index (κ3) is 5.72. The Balaban J connectivity index is 1.55. The van der Waals surface area contributed by atoms with Gasteiger partial charge in [-0.05, 0) is 56.9 Å². The van der Waals surface area contributed by atoms with E-state index in [1.165, 1.54) is 0 Å². The summed E-state index contributed by atoms with van der Waals surface area (Å²) in [5.74, 6) is 1.43. The summed E-state index contributed by atoms with van der Waals surface area (Å²) in [6, 6.07) is 13.4. The number of piperidine rings is 1. The van der Waals surface area contributed by atoms with E-state index in [1.54, 1.807) is 0 Å². The van der Waals surface area contributed by atoms with Crippen molar-refractivity contribution in [2.75, 3.05) is 32.9 Å². The van der Waals surface area contributed by atoms with Crippen LogP contribution < -0.4 is 9.47 Å². The molecule has 1 aliphatic heterocycles. The van der Waals surface area contributed by atoms with Gasteiger partial charge in [0, 0.05) is 24.2 Å². The number of nitrogens with zero attached hydrogens (tertiary/aromatic N) is 2. The van der Waals surface area contributed by atoms with Gasteiger partial charge in [0.1, 0.15) is 11.5 Å². The van der Waals surface area contributed by atoms with Gasteiger partial charge in [-0.2, -0.15) is 0 Å². The largest absolute Gasteiger partial charge is 0.494 e. The van der Waals surface area contributed by atoms with Crippen molar-refractivity contribution in [2.45, 2.75) is 39.5 Å². The summed E-state index contributed by atoms with van der Waals surface area (Å²) in [5, 5.41) is 10.1. The molecule has 1 atom stereocenters. The topological polar surface area (TPSA) is 71.9 Å². The van der Waals surface area contributed by atoms with Gasteiger partial charge in [-0.1, -0.05) is 25.1 Å². The van der Waals surface area contributed by atoms with Crippen LogP contribution in [0.4, 0.5) is 0 Å². The summed E-state index contributed by atoms with van der Waals surface area (Å²) < 4.78 is 11.6. The van der Waals surface area contributed by atoms with Crippen LogP contribution in [0.25, 0.3) is 0 Å². The first-order valence-corrected chi connectivity index (χ1v) is 10.7. The zero-order chi connectivity index (χ0) is 21.4. The van der Waals surface area contributed by atoms with Crippen molar-refractivity contribution in [3.8, 4) is 11.5 Å². The highest BCUT2D eigenvalue weighted by Gasteiger charge is 2.36. The molecule has 1 amide bonds. The van der Waals surface area contributed by atoms with Crippen LogP contribution in [0, 0.1) is 12.3 Å². The number of benzene rings is 1. The van der Waals surface area contributed by atoms with Gasteiger partial charge < -0.3 is 19.5 Å². The Morgan fingerprint density at radius 3 is 2.73 bits per heavy atom. The Morgan fingerprint density at radius 2 is 2.00 bits per heavy atom. The lowest BCUT2D eigenvalue weighted by atomic mass is 9.78. The first-order chi connectivity index (χ1) is 14.5. The highest BCUT2D eigenvalue weighted by atomic mass is 16.5. The van der Waals surface area contributed by atoms with Gasteiger partial charge in [-0.3, -0.25) is 9.78 Å². The smallest absolute Gasteiger partial charge is 0.260 e. The number of para-hydroxylation sites is 1. The molecule has 2 aromatic rings. The number of carbonyl (C=O) groups excluding carboxylic acids is 1. The fourth-order valence-electron chi connectivity index (χ4n) is 3.95. The van der Waals surface area contributed by atoms with Gasteiger partial charge in [0.15, 0.2) is 6.61 Å². The molecule has 1 N–H and O–H groups in total. The van der Waals surface area contributed by atoms with Gasteiger partial charge in [0.25, 0.3) is 5.91 Å². The second-order valence-corrected chi connectivity index (χ2v) is 8.03. The van der Waals surface area contributed by atoms with Crippen LogP contribution in [0.15, 0.2) is 42.5 Å². The number of rotatable bonds is 9. The molecule has 1 saturated heterocycles. The maximum atomic E-state index is 12.8. The predicted molar refractivity (Wildman–Crippen MR) is 116 cm³/mol. The fourth-order valence-corrected chi connectivity index (χ4v) is 3.95. The molecular formula is C24H32N2O4. The van der Waals surface area contributed by atoms with Crippen LogP contribution in [0.5, 0.6) is 11.5 Å². The van der Waals surface area contributed by atoms with Crippen molar-refractivity contribution in [1.29, 1.82) is 0 Å². The summed E-state index contributed by atoms with van der Waals surface area (Å²) in [5.41, 5.74) is 1.47. The van der Waals surface area contributed by atoms with E-state index in [2.05, 4.69) is 4.98 Å². The number of likely N-dealkylation sites (tertiary alicyclic amines) is 1. The lowest BCUT2D eigenvalue weighted by Crippen LogP contribution is -2.49. The second-order valence-electron chi connectivity index (χ2n) is 8.03. The Bertz CT molecular complexity index is 827. The number of aliphatic hydroxyl groups excluding tert-OH is 1. The van der Waals surface area contributed by atoms with Crippen LogP contribution in [0.3, 0.4) is 0 Å². The van der Waals surface area contributed by atoms with Crippen molar-refractivity contribution >= 4 is 5.91 Å². The summed E-state index contributed by atoms with van der Waals surface area (Å²) in [4.78, 5) is 19.1. The van der Waals surface area contributed by atoms with E-state index in [0.717, 1.165) is 36.4 Å².